The molecule has 0 spiro atoms. The van der Waals surface area contributed by atoms with Gasteiger partial charge in [-0.05, 0) is 18.3 Å². The topological polar surface area (TPSA) is 26.3 Å². The second kappa shape index (κ2) is 13.5. The third kappa shape index (κ3) is 12.5. The second-order valence-electron chi connectivity index (χ2n) is 6.46. The van der Waals surface area contributed by atoms with Crippen molar-refractivity contribution in [1.29, 1.82) is 0 Å². The van der Waals surface area contributed by atoms with Crippen molar-refractivity contribution in [3.8, 4) is 0 Å². The Morgan fingerprint density at radius 2 is 1.40 bits per heavy atom. The number of carbonyl (C=O) groups excluding carboxylic acids is 1. The van der Waals surface area contributed by atoms with Gasteiger partial charge in [0.15, 0.2) is 0 Å². The summed E-state index contributed by atoms with van der Waals surface area (Å²) in [7, 11) is 1.47. The number of carbonyl (C=O) groups is 1. The first-order chi connectivity index (χ1) is 9.60. The van der Waals surface area contributed by atoms with E-state index in [1.807, 2.05) is 0 Å². The average Bonchev–Trinajstić information content (AvgIpc) is 2.44. The van der Waals surface area contributed by atoms with E-state index in [1.165, 1.54) is 64.9 Å². The largest absolute Gasteiger partial charge is 0.469 e. The molecule has 0 aliphatic carbocycles. The van der Waals surface area contributed by atoms with E-state index in [0.29, 0.717) is 12.3 Å². The minimum absolute atomic E-state index is 0.0719. The molecular weight excluding hydrogens is 248 g/mol. The molecule has 0 bridgehead atoms. The van der Waals surface area contributed by atoms with E-state index in [9.17, 15) is 4.79 Å². The number of unbranched alkanes of at least 4 members (excludes halogenated alkanes) is 4. The lowest BCUT2D eigenvalue weighted by molar-refractivity contribution is -0.140. The molecule has 0 aliphatic rings. The summed E-state index contributed by atoms with van der Waals surface area (Å²) in [4.78, 5) is 11.1. The maximum atomic E-state index is 11.1. The molecule has 0 fully saturated rings. The SMILES string of the molecule is CCCCCCCC(C)CCCC(C)CCC(=O)OC. The first kappa shape index (κ1) is 19.5. The van der Waals surface area contributed by atoms with Crippen molar-refractivity contribution >= 4 is 5.97 Å². The first-order valence-electron chi connectivity index (χ1n) is 8.66. The summed E-state index contributed by atoms with van der Waals surface area (Å²) in [6.45, 7) is 6.90. The Kier molecular flexibility index (Phi) is 13.1. The van der Waals surface area contributed by atoms with Gasteiger partial charge < -0.3 is 4.74 Å². The Bertz CT molecular complexity index is 225. The molecule has 120 valence electrons. The van der Waals surface area contributed by atoms with Gasteiger partial charge in [0, 0.05) is 6.42 Å². The van der Waals surface area contributed by atoms with Crippen molar-refractivity contribution in [2.75, 3.05) is 7.11 Å². The number of ether oxygens (including phenoxy) is 1. The van der Waals surface area contributed by atoms with Crippen LogP contribution >= 0.6 is 0 Å². The van der Waals surface area contributed by atoms with E-state index >= 15 is 0 Å². The van der Waals surface area contributed by atoms with Gasteiger partial charge >= 0.3 is 5.97 Å². The van der Waals surface area contributed by atoms with Gasteiger partial charge in [0.25, 0.3) is 0 Å². The van der Waals surface area contributed by atoms with Crippen molar-refractivity contribution < 1.29 is 9.53 Å². The highest BCUT2D eigenvalue weighted by Crippen LogP contribution is 2.20. The molecule has 0 N–H and O–H groups in total. The van der Waals surface area contributed by atoms with Crippen LogP contribution in [-0.2, 0) is 9.53 Å². The fourth-order valence-corrected chi connectivity index (χ4v) is 2.67. The normalized spacial score (nSPS) is 14.0. The second-order valence-corrected chi connectivity index (χ2v) is 6.46. The lowest BCUT2D eigenvalue weighted by Crippen LogP contribution is -2.04. The molecule has 0 aromatic carbocycles. The summed E-state index contributed by atoms with van der Waals surface area (Å²) in [6.07, 6.45) is 13.8. The predicted octanol–water partition coefficient (Wildman–Crippen LogP) is 5.74. The molecule has 0 radical (unpaired) electrons. The zero-order valence-corrected chi connectivity index (χ0v) is 14.2. The molecule has 0 saturated carbocycles. The van der Waals surface area contributed by atoms with Gasteiger partial charge in [-0.1, -0.05) is 78.6 Å². The highest BCUT2D eigenvalue weighted by Gasteiger charge is 2.08. The fraction of sp³-hybridized carbons (Fsp3) is 0.944. The van der Waals surface area contributed by atoms with Crippen molar-refractivity contribution in [1.82, 2.24) is 0 Å². The van der Waals surface area contributed by atoms with E-state index in [1.54, 1.807) is 0 Å². The number of hydrogen-bond donors (Lipinski definition) is 0. The van der Waals surface area contributed by atoms with Crippen LogP contribution in [0.15, 0.2) is 0 Å². The van der Waals surface area contributed by atoms with Crippen LogP contribution in [0.2, 0.25) is 0 Å². The monoisotopic (exact) mass is 284 g/mol. The number of rotatable bonds is 13. The van der Waals surface area contributed by atoms with Crippen LogP contribution in [0, 0.1) is 11.8 Å². The quantitative estimate of drug-likeness (QED) is 0.318. The third-order valence-corrected chi connectivity index (χ3v) is 4.26. The standard InChI is InChI=1S/C18H36O2/c1-5-6-7-8-9-11-16(2)12-10-13-17(3)14-15-18(19)20-4/h16-17H,5-15H2,1-4H3. The first-order valence-corrected chi connectivity index (χ1v) is 8.66. The van der Waals surface area contributed by atoms with Crippen LogP contribution in [0.4, 0.5) is 0 Å². The van der Waals surface area contributed by atoms with E-state index < -0.39 is 0 Å². The lowest BCUT2D eigenvalue weighted by Gasteiger charge is -2.14. The van der Waals surface area contributed by atoms with Gasteiger partial charge in [-0.25, -0.2) is 0 Å². The summed E-state index contributed by atoms with van der Waals surface area (Å²) >= 11 is 0. The molecule has 20 heavy (non-hydrogen) atoms. The van der Waals surface area contributed by atoms with Crippen LogP contribution in [0.3, 0.4) is 0 Å². The Labute approximate surface area is 126 Å². The molecule has 0 saturated heterocycles. The molecule has 2 atom stereocenters. The molecular formula is C18H36O2. The number of hydrogen-bond acceptors (Lipinski definition) is 2. The Morgan fingerprint density at radius 1 is 0.850 bits per heavy atom. The van der Waals surface area contributed by atoms with E-state index in [2.05, 4.69) is 25.5 Å². The van der Waals surface area contributed by atoms with Crippen molar-refractivity contribution in [2.45, 2.75) is 91.4 Å². The molecule has 2 unspecified atom stereocenters. The van der Waals surface area contributed by atoms with Crippen LogP contribution in [0.25, 0.3) is 0 Å². The third-order valence-electron chi connectivity index (χ3n) is 4.26. The zero-order chi connectivity index (χ0) is 15.2. The highest BCUT2D eigenvalue weighted by atomic mass is 16.5. The maximum absolute atomic E-state index is 11.1. The Balaban J connectivity index is 3.41. The van der Waals surface area contributed by atoms with Gasteiger partial charge in [0.2, 0.25) is 0 Å². The maximum Gasteiger partial charge on any atom is 0.305 e. The van der Waals surface area contributed by atoms with E-state index in [4.69, 9.17) is 0 Å². The van der Waals surface area contributed by atoms with Crippen LogP contribution in [0.1, 0.15) is 91.4 Å². The van der Waals surface area contributed by atoms with E-state index in [0.717, 1.165) is 12.3 Å². The van der Waals surface area contributed by atoms with Crippen LogP contribution in [0.5, 0.6) is 0 Å². The van der Waals surface area contributed by atoms with Crippen LogP contribution in [-0.4, -0.2) is 13.1 Å². The molecule has 2 heteroatoms. The van der Waals surface area contributed by atoms with Crippen molar-refractivity contribution in [3.05, 3.63) is 0 Å². The molecule has 0 aliphatic heterocycles. The summed E-state index contributed by atoms with van der Waals surface area (Å²) in [5.74, 6) is 1.44. The minimum atomic E-state index is -0.0719. The smallest absolute Gasteiger partial charge is 0.305 e. The highest BCUT2D eigenvalue weighted by molar-refractivity contribution is 5.69. The van der Waals surface area contributed by atoms with Crippen LogP contribution < -0.4 is 0 Å². The molecule has 2 nitrogen and oxygen atoms in total. The average molecular weight is 284 g/mol. The summed E-state index contributed by atoms with van der Waals surface area (Å²) in [6, 6.07) is 0. The number of esters is 1. The van der Waals surface area contributed by atoms with Crippen molar-refractivity contribution in [3.63, 3.8) is 0 Å². The van der Waals surface area contributed by atoms with E-state index in [-0.39, 0.29) is 5.97 Å². The summed E-state index contributed by atoms with van der Waals surface area (Å²) in [5.41, 5.74) is 0. The summed E-state index contributed by atoms with van der Waals surface area (Å²) < 4.78 is 4.68. The van der Waals surface area contributed by atoms with Crippen molar-refractivity contribution in [2.24, 2.45) is 11.8 Å². The molecule has 0 aromatic heterocycles. The zero-order valence-electron chi connectivity index (χ0n) is 14.2. The minimum Gasteiger partial charge on any atom is -0.469 e. The molecule has 0 aromatic rings. The van der Waals surface area contributed by atoms with Gasteiger partial charge in [-0.15, -0.1) is 0 Å². The van der Waals surface area contributed by atoms with Gasteiger partial charge in [0.1, 0.15) is 0 Å². The van der Waals surface area contributed by atoms with Gasteiger partial charge in [-0.3, -0.25) is 4.79 Å². The lowest BCUT2D eigenvalue weighted by atomic mass is 9.93. The molecule has 0 amide bonds. The predicted molar refractivity (Wildman–Crippen MR) is 86.8 cm³/mol. The molecule has 0 rings (SSSR count). The van der Waals surface area contributed by atoms with Gasteiger partial charge in [-0.2, -0.15) is 0 Å². The number of methoxy groups -OCH3 is 1. The molecule has 0 heterocycles. The summed E-state index contributed by atoms with van der Waals surface area (Å²) in [5, 5.41) is 0. The Hall–Kier alpha value is -0.530. The fourth-order valence-electron chi connectivity index (χ4n) is 2.67. The Morgan fingerprint density at radius 3 is 2.00 bits per heavy atom. The van der Waals surface area contributed by atoms with Gasteiger partial charge in [0.05, 0.1) is 7.11 Å².